The van der Waals surface area contributed by atoms with Crippen molar-refractivity contribution in [1.29, 1.82) is 0 Å². The molecule has 1 fully saturated rings. The van der Waals surface area contributed by atoms with Gasteiger partial charge in [-0.25, -0.2) is 9.18 Å². The summed E-state index contributed by atoms with van der Waals surface area (Å²) in [5.41, 5.74) is 0.533. The number of halogens is 1. The van der Waals surface area contributed by atoms with E-state index in [1.54, 1.807) is 13.0 Å². The summed E-state index contributed by atoms with van der Waals surface area (Å²) < 4.78 is 18.3. The molecule has 0 aliphatic carbocycles. The van der Waals surface area contributed by atoms with Crippen LogP contribution in [-0.2, 0) is 14.3 Å². The van der Waals surface area contributed by atoms with Crippen LogP contribution in [-0.4, -0.2) is 47.7 Å². The SMILES string of the molecule is C[C@@H](C(=O)N1CCOC[C@H]1C(=O)O)c1cccc(F)c1. The van der Waals surface area contributed by atoms with Gasteiger partial charge in [0.25, 0.3) is 0 Å². The first-order valence-corrected chi connectivity index (χ1v) is 6.37. The van der Waals surface area contributed by atoms with Gasteiger partial charge in [-0.05, 0) is 24.6 Å². The van der Waals surface area contributed by atoms with Crippen LogP contribution in [0.15, 0.2) is 24.3 Å². The summed E-state index contributed by atoms with van der Waals surface area (Å²) in [6.07, 6.45) is 0. The Bertz CT molecular complexity index is 520. The Morgan fingerprint density at radius 2 is 2.25 bits per heavy atom. The quantitative estimate of drug-likeness (QED) is 0.905. The van der Waals surface area contributed by atoms with Crippen LogP contribution in [0.3, 0.4) is 0 Å². The van der Waals surface area contributed by atoms with Crippen molar-refractivity contribution in [2.24, 2.45) is 0 Å². The summed E-state index contributed by atoms with van der Waals surface area (Å²) in [5.74, 6) is -2.43. The summed E-state index contributed by atoms with van der Waals surface area (Å²) in [6.45, 7) is 2.17. The number of aliphatic carboxylic acids is 1. The lowest BCUT2D eigenvalue weighted by Gasteiger charge is -2.34. The standard InChI is InChI=1S/C14H16FNO4/c1-9(10-3-2-4-11(15)7-10)13(17)16-5-6-20-8-12(16)14(18)19/h2-4,7,9,12H,5-6,8H2,1H3,(H,18,19)/t9-,12+/m1/s1. The van der Waals surface area contributed by atoms with Gasteiger partial charge in [0.1, 0.15) is 5.82 Å². The Morgan fingerprint density at radius 1 is 1.50 bits per heavy atom. The molecule has 0 spiro atoms. The molecule has 1 amide bonds. The predicted molar refractivity (Wildman–Crippen MR) is 68.8 cm³/mol. The van der Waals surface area contributed by atoms with Gasteiger partial charge < -0.3 is 14.7 Å². The monoisotopic (exact) mass is 281 g/mol. The average molecular weight is 281 g/mol. The van der Waals surface area contributed by atoms with Gasteiger partial charge in [-0.1, -0.05) is 12.1 Å². The number of morpholine rings is 1. The highest BCUT2D eigenvalue weighted by Gasteiger charge is 2.35. The highest BCUT2D eigenvalue weighted by molar-refractivity contribution is 5.88. The normalized spacial score (nSPS) is 20.5. The highest BCUT2D eigenvalue weighted by atomic mass is 19.1. The minimum atomic E-state index is -1.09. The number of amides is 1. The van der Waals surface area contributed by atoms with Crippen molar-refractivity contribution >= 4 is 11.9 Å². The molecule has 1 aromatic carbocycles. The van der Waals surface area contributed by atoms with E-state index in [1.165, 1.54) is 23.1 Å². The van der Waals surface area contributed by atoms with E-state index in [-0.39, 0.29) is 19.1 Å². The second-order valence-corrected chi connectivity index (χ2v) is 4.74. The number of carboxylic acid groups (broad SMARTS) is 1. The first-order valence-electron chi connectivity index (χ1n) is 6.37. The van der Waals surface area contributed by atoms with E-state index in [1.807, 2.05) is 0 Å². The van der Waals surface area contributed by atoms with E-state index >= 15 is 0 Å². The molecule has 0 bridgehead atoms. The van der Waals surface area contributed by atoms with Crippen molar-refractivity contribution < 1.29 is 23.8 Å². The molecular weight excluding hydrogens is 265 g/mol. The number of carboxylic acids is 1. The maximum Gasteiger partial charge on any atom is 0.328 e. The van der Waals surface area contributed by atoms with Gasteiger partial charge in [-0.15, -0.1) is 0 Å². The van der Waals surface area contributed by atoms with Gasteiger partial charge >= 0.3 is 5.97 Å². The Labute approximate surface area is 116 Å². The Morgan fingerprint density at radius 3 is 2.90 bits per heavy atom. The molecule has 2 atom stereocenters. The lowest BCUT2D eigenvalue weighted by Crippen LogP contribution is -2.53. The summed E-state index contributed by atoms with van der Waals surface area (Å²) in [6, 6.07) is 4.80. The lowest BCUT2D eigenvalue weighted by atomic mass is 9.98. The van der Waals surface area contributed by atoms with Gasteiger partial charge in [-0.2, -0.15) is 0 Å². The third-order valence-corrected chi connectivity index (χ3v) is 3.42. The molecule has 0 aromatic heterocycles. The van der Waals surface area contributed by atoms with Crippen LogP contribution in [0.5, 0.6) is 0 Å². The maximum atomic E-state index is 13.2. The second-order valence-electron chi connectivity index (χ2n) is 4.74. The number of ether oxygens (including phenoxy) is 1. The molecule has 0 unspecified atom stereocenters. The van der Waals surface area contributed by atoms with Gasteiger partial charge in [0.05, 0.1) is 19.1 Å². The van der Waals surface area contributed by atoms with Crippen molar-refractivity contribution in [3.05, 3.63) is 35.6 Å². The zero-order valence-electron chi connectivity index (χ0n) is 11.1. The molecule has 1 N–H and O–H groups in total. The highest BCUT2D eigenvalue weighted by Crippen LogP contribution is 2.21. The molecule has 0 radical (unpaired) electrons. The molecule has 0 saturated carbocycles. The fraction of sp³-hybridized carbons (Fsp3) is 0.429. The third-order valence-electron chi connectivity index (χ3n) is 3.42. The minimum Gasteiger partial charge on any atom is -0.480 e. The number of carbonyl (C=O) groups is 2. The second kappa shape index (κ2) is 6.00. The van der Waals surface area contributed by atoms with E-state index < -0.39 is 23.7 Å². The van der Waals surface area contributed by atoms with Gasteiger partial charge in [0, 0.05) is 6.54 Å². The largest absolute Gasteiger partial charge is 0.480 e. The number of carbonyl (C=O) groups excluding carboxylic acids is 1. The summed E-state index contributed by atoms with van der Waals surface area (Å²) in [7, 11) is 0. The smallest absolute Gasteiger partial charge is 0.328 e. The first kappa shape index (κ1) is 14.5. The van der Waals surface area contributed by atoms with Gasteiger partial charge in [0.15, 0.2) is 6.04 Å². The molecule has 5 nitrogen and oxygen atoms in total. The van der Waals surface area contributed by atoms with Crippen molar-refractivity contribution in [2.45, 2.75) is 18.9 Å². The van der Waals surface area contributed by atoms with Crippen molar-refractivity contribution in [3.8, 4) is 0 Å². The Kier molecular flexibility index (Phi) is 4.34. The zero-order valence-corrected chi connectivity index (χ0v) is 11.1. The van der Waals surface area contributed by atoms with E-state index in [2.05, 4.69) is 0 Å². The molecule has 1 aliphatic rings. The molecule has 108 valence electrons. The summed E-state index contributed by atoms with van der Waals surface area (Å²) in [5, 5.41) is 9.12. The van der Waals surface area contributed by atoms with Crippen LogP contribution in [0.25, 0.3) is 0 Å². The van der Waals surface area contributed by atoms with E-state index in [0.29, 0.717) is 12.2 Å². The number of hydrogen-bond donors (Lipinski definition) is 1. The first-order chi connectivity index (χ1) is 9.50. The minimum absolute atomic E-state index is 0.0169. The maximum absolute atomic E-state index is 13.2. The zero-order chi connectivity index (χ0) is 14.7. The molecule has 1 aromatic rings. The molecular formula is C14H16FNO4. The van der Waals surface area contributed by atoms with Crippen LogP contribution in [0.2, 0.25) is 0 Å². The molecule has 2 rings (SSSR count). The molecule has 1 heterocycles. The van der Waals surface area contributed by atoms with Crippen LogP contribution in [0, 0.1) is 5.82 Å². The number of nitrogens with zero attached hydrogens (tertiary/aromatic N) is 1. The molecule has 1 aliphatic heterocycles. The van der Waals surface area contributed by atoms with Crippen LogP contribution >= 0.6 is 0 Å². The van der Waals surface area contributed by atoms with Crippen LogP contribution in [0.4, 0.5) is 4.39 Å². The third kappa shape index (κ3) is 2.96. The topological polar surface area (TPSA) is 66.8 Å². The van der Waals surface area contributed by atoms with Crippen molar-refractivity contribution in [3.63, 3.8) is 0 Å². The van der Waals surface area contributed by atoms with E-state index in [9.17, 15) is 14.0 Å². The van der Waals surface area contributed by atoms with Crippen LogP contribution < -0.4 is 0 Å². The molecule has 1 saturated heterocycles. The summed E-state index contributed by atoms with van der Waals surface area (Å²) in [4.78, 5) is 24.9. The number of hydrogen-bond acceptors (Lipinski definition) is 3. The van der Waals surface area contributed by atoms with Crippen molar-refractivity contribution in [1.82, 2.24) is 4.90 Å². The number of rotatable bonds is 3. The fourth-order valence-electron chi connectivity index (χ4n) is 2.24. The number of benzene rings is 1. The average Bonchev–Trinajstić information content (AvgIpc) is 2.45. The van der Waals surface area contributed by atoms with Gasteiger partial charge in [-0.3, -0.25) is 4.79 Å². The summed E-state index contributed by atoms with van der Waals surface area (Å²) >= 11 is 0. The molecule has 6 heteroatoms. The predicted octanol–water partition coefficient (Wildman–Crippen LogP) is 1.24. The lowest BCUT2D eigenvalue weighted by molar-refractivity contribution is -0.158. The van der Waals surface area contributed by atoms with Crippen molar-refractivity contribution in [2.75, 3.05) is 19.8 Å². The van der Waals surface area contributed by atoms with Crippen LogP contribution in [0.1, 0.15) is 18.4 Å². The Balaban J connectivity index is 2.18. The molecule has 20 heavy (non-hydrogen) atoms. The van der Waals surface area contributed by atoms with E-state index in [4.69, 9.17) is 9.84 Å². The van der Waals surface area contributed by atoms with Gasteiger partial charge in [0.2, 0.25) is 5.91 Å². The van der Waals surface area contributed by atoms with E-state index in [0.717, 1.165) is 0 Å². The Hall–Kier alpha value is -1.95. The fourth-order valence-corrected chi connectivity index (χ4v) is 2.24.